The lowest BCUT2D eigenvalue weighted by Crippen LogP contribution is -2.02. The van der Waals surface area contributed by atoms with Gasteiger partial charge in [0.25, 0.3) is 0 Å². The number of aromatic nitrogens is 1. The van der Waals surface area contributed by atoms with E-state index in [1.165, 1.54) is 12.3 Å². The lowest BCUT2D eigenvalue weighted by atomic mass is 10.1. The molecule has 0 aliphatic rings. The van der Waals surface area contributed by atoms with Crippen LogP contribution in [0.1, 0.15) is 18.1 Å². The number of pyridine rings is 1. The smallest absolute Gasteiger partial charge is 0.147 e. The zero-order valence-electron chi connectivity index (χ0n) is 7.40. The molecule has 0 fully saturated rings. The molecule has 2 nitrogen and oxygen atoms in total. The first kappa shape index (κ1) is 10.5. The molecule has 13 heavy (non-hydrogen) atoms. The molecule has 1 heterocycles. The lowest BCUT2D eigenvalue weighted by Gasteiger charge is -2.09. The summed E-state index contributed by atoms with van der Waals surface area (Å²) in [6.45, 7) is 0. The van der Waals surface area contributed by atoms with Crippen molar-refractivity contribution >= 4 is 11.8 Å². The fourth-order valence-electron chi connectivity index (χ4n) is 1.04. The van der Waals surface area contributed by atoms with Crippen LogP contribution in [0.2, 0.25) is 0 Å². The van der Waals surface area contributed by atoms with Gasteiger partial charge in [0.05, 0.1) is 12.3 Å². The van der Waals surface area contributed by atoms with Crippen molar-refractivity contribution in [2.45, 2.75) is 12.5 Å². The van der Waals surface area contributed by atoms with E-state index in [-0.39, 0.29) is 0 Å². The molecule has 1 rings (SSSR count). The fraction of sp³-hybridized carbons (Fsp3) is 0.444. The zero-order chi connectivity index (χ0) is 9.68. The van der Waals surface area contributed by atoms with E-state index in [0.29, 0.717) is 12.0 Å². The van der Waals surface area contributed by atoms with Crippen LogP contribution >= 0.6 is 11.8 Å². The Balaban J connectivity index is 2.65. The number of rotatable bonds is 4. The maximum atomic E-state index is 13.0. The fourth-order valence-corrected chi connectivity index (χ4v) is 1.50. The van der Waals surface area contributed by atoms with Crippen LogP contribution < -0.4 is 0 Å². The maximum Gasteiger partial charge on any atom is 0.147 e. The number of hydrogen-bond acceptors (Lipinski definition) is 3. The second kappa shape index (κ2) is 5.19. The quantitative estimate of drug-likeness (QED) is 0.809. The SMILES string of the molecule is CSCCC(O)c1ccncc1F. The van der Waals surface area contributed by atoms with Crippen molar-refractivity contribution in [3.05, 3.63) is 29.8 Å². The minimum atomic E-state index is -0.713. The van der Waals surface area contributed by atoms with Gasteiger partial charge in [0.2, 0.25) is 0 Å². The van der Waals surface area contributed by atoms with E-state index in [1.54, 1.807) is 11.8 Å². The Labute approximate surface area is 81.2 Å². The Bertz CT molecular complexity index is 270. The van der Waals surface area contributed by atoms with Gasteiger partial charge < -0.3 is 5.11 Å². The molecule has 0 amide bonds. The second-order valence-corrected chi connectivity index (χ2v) is 3.68. The van der Waals surface area contributed by atoms with E-state index < -0.39 is 11.9 Å². The molecular weight excluding hydrogens is 189 g/mol. The Morgan fingerprint density at radius 1 is 1.69 bits per heavy atom. The summed E-state index contributed by atoms with van der Waals surface area (Å²) >= 11 is 1.63. The first-order chi connectivity index (χ1) is 6.25. The average molecular weight is 201 g/mol. The van der Waals surface area contributed by atoms with Crippen molar-refractivity contribution in [1.82, 2.24) is 4.98 Å². The summed E-state index contributed by atoms with van der Waals surface area (Å²) in [5, 5.41) is 9.55. The molecule has 1 unspecified atom stereocenters. The first-order valence-corrected chi connectivity index (χ1v) is 5.41. The van der Waals surface area contributed by atoms with Gasteiger partial charge >= 0.3 is 0 Å². The van der Waals surface area contributed by atoms with E-state index in [4.69, 9.17) is 0 Å². The monoisotopic (exact) mass is 201 g/mol. The van der Waals surface area contributed by atoms with E-state index in [1.807, 2.05) is 6.26 Å². The summed E-state index contributed by atoms with van der Waals surface area (Å²) < 4.78 is 13.0. The number of thioether (sulfide) groups is 1. The number of halogens is 1. The van der Waals surface area contributed by atoms with Gasteiger partial charge in [-0.05, 0) is 24.5 Å². The number of aliphatic hydroxyl groups excluding tert-OH is 1. The predicted octanol–water partition coefficient (Wildman–Crippen LogP) is 2.01. The minimum Gasteiger partial charge on any atom is -0.388 e. The lowest BCUT2D eigenvalue weighted by molar-refractivity contribution is 0.170. The molecule has 0 aromatic carbocycles. The highest BCUT2D eigenvalue weighted by Crippen LogP contribution is 2.19. The molecule has 1 aromatic heterocycles. The van der Waals surface area contributed by atoms with Gasteiger partial charge in [-0.3, -0.25) is 4.98 Å². The summed E-state index contributed by atoms with van der Waals surface area (Å²) in [4.78, 5) is 3.62. The van der Waals surface area contributed by atoms with Crippen LogP contribution in [-0.4, -0.2) is 22.1 Å². The summed E-state index contributed by atoms with van der Waals surface area (Å²) in [6, 6.07) is 1.51. The highest BCUT2D eigenvalue weighted by Gasteiger charge is 2.11. The standard InChI is InChI=1S/C9H12FNOS/c1-13-5-3-9(12)7-2-4-11-6-8(7)10/h2,4,6,9,12H,3,5H2,1H3. The van der Waals surface area contributed by atoms with E-state index >= 15 is 0 Å². The van der Waals surface area contributed by atoms with E-state index in [2.05, 4.69) is 4.98 Å². The third-order valence-electron chi connectivity index (χ3n) is 1.76. The van der Waals surface area contributed by atoms with Crippen LogP contribution in [0, 0.1) is 5.82 Å². The molecule has 0 spiro atoms. The maximum absolute atomic E-state index is 13.0. The highest BCUT2D eigenvalue weighted by atomic mass is 32.2. The molecule has 0 bridgehead atoms. The number of aliphatic hydroxyl groups is 1. The van der Waals surface area contributed by atoms with E-state index in [9.17, 15) is 9.50 Å². The Kier molecular flexibility index (Phi) is 4.18. The first-order valence-electron chi connectivity index (χ1n) is 4.02. The summed E-state index contributed by atoms with van der Waals surface area (Å²) in [5.41, 5.74) is 0.337. The molecule has 0 saturated heterocycles. The van der Waals surface area contributed by atoms with Crippen LogP contribution in [-0.2, 0) is 0 Å². The van der Waals surface area contributed by atoms with Crippen molar-refractivity contribution in [2.75, 3.05) is 12.0 Å². The Morgan fingerprint density at radius 2 is 2.46 bits per heavy atom. The van der Waals surface area contributed by atoms with Gasteiger partial charge in [-0.25, -0.2) is 4.39 Å². The average Bonchev–Trinajstić information content (AvgIpc) is 2.15. The molecule has 1 aromatic rings. The Morgan fingerprint density at radius 3 is 3.08 bits per heavy atom. The van der Waals surface area contributed by atoms with Crippen LogP contribution in [0.25, 0.3) is 0 Å². The van der Waals surface area contributed by atoms with Gasteiger partial charge in [-0.1, -0.05) is 0 Å². The van der Waals surface area contributed by atoms with Crippen molar-refractivity contribution in [3.63, 3.8) is 0 Å². The molecule has 0 radical (unpaired) electrons. The minimum absolute atomic E-state index is 0.337. The third-order valence-corrected chi connectivity index (χ3v) is 2.40. The molecule has 1 atom stereocenters. The second-order valence-electron chi connectivity index (χ2n) is 2.69. The molecule has 4 heteroatoms. The van der Waals surface area contributed by atoms with Crippen molar-refractivity contribution < 1.29 is 9.50 Å². The Hall–Kier alpha value is -0.610. The largest absolute Gasteiger partial charge is 0.388 e. The summed E-state index contributed by atoms with van der Waals surface area (Å²) in [5.74, 6) is 0.388. The van der Waals surface area contributed by atoms with Crippen LogP contribution in [0.15, 0.2) is 18.5 Å². The predicted molar refractivity (Wildman–Crippen MR) is 52.2 cm³/mol. The van der Waals surface area contributed by atoms with Crippen LogP contribution in [0.3, 0.4) is 0 Å². The highest BCUT2D eigenvalue weighted by molar-refractivity contribution is 7.98. The van der Waals surface area contributed by atoms with Gasteiger partial charge in [-0.2, -0.15) is 11.8 Å². The van der Waals surface area contributed by atoms with E-state index in [0.717, 1.165) is 11.9 Å². The normalized spacial score (nSPS) is 12.8. The summed E-state index contributed by atoms with van der Waals surface area (Å²) in [6.07, 6.45) is 4.42. The molecule has 0 saturated carbocycles. The molecular formula is C9H12FNOS. The number of hydrogen-bond donors (Lipinski definition) is 1. The van der Waals surface area contributed by atoms with Gasteiger partial charge in [0.1, 0.15) is 5.82 Å². The molecule has 1 N–H and O–H groups in total. The molecule has 0 aliphatic heterocycles. The number of nitrogens with zero attached hydrogens (tertiary/aromatic N) is 1. The summed E-state index contributed by atoms with van der Waals surface area (Å²) in [7, 11) is 0. The van der Waals surface area contributed by atoms with Gasteiger partial charge in [0.15, 0.2) is 0 Å². The van der Waals surface area contributed by atoms with Crippen molar-refractivity contribution in [3.8, 4) is 0 Å². The van der Waals surface area contributed by atoms with Gasteiger partial charge in [0, 0.05) is 11.8 Å². The van der Waals surface area contributed by atoms with Crippen molar-refractivity contribution in [1.29, 1.82) is 0 Å². The van der Waals surface area contributed by atoms with Gasteiger partial charge in [-0.15, -0.1) is 0 Å². The topological polar surface area (TPSA) is 33.1 Å². The zero-order valence-corrected chi connectivity index (χ0v) is 8.22. The molecule has 72 valence electrons. The van der Waals surface area contributed by atoms with Crippen LogP contribution in [0.5, 0.6) is 0 Å². The van der Waals surface area contributed by atoms with Crippen LogP contribution in [0.4, 0.5) is 4.39 Å². The third kappa shape index (κ3) is 2.97. The molecule has 0 aliphatic carbocycles. The van der Waals surface area contributed by atoms with Crippen molar-refractivity contribution in [2.24, 2.45) is 0 Å².